The first-order valence-electron chi connectivity index (χ1n) is 4.35. The highest BCUT2D eigenvalue weighted by Gasteiger charge is 2.02. The van der Waals surface area contributed by atoms with Gasteiger partial charge in [0.2, 0.25) is 0 Å². The molecule has 0 aromatic heterocycles. The molecule has 0 heterocycles. The van der Waals surface area contributed by atoms with E-state index < -0.39 is 0 Å². The van der Waals surface area contributed by atoms with Gasteiger partial charge in [-0.25, -0.2) is 0 Å². The molecule has 0 atom stereocenters. The summed E-state index contributed by atoms with van der Waals surface area (Å²) in [5, 5.41) is 11.4. The van der Waals surface area contributed by atoms with E-state index in [2.05, 4.69) is 0 Å². The van der Waals surface area contributed by atoms with E-state index in [0.717, 1.165) is 9.79 Å². The Morgan fingerprint density at radius 1 is 0.786 bits per heavy atom. The van der Waals surface area contributed by atoms with Crippen molar-refractivity contribution in [3.05, 3.63) is 54.6 Å². The lowest BCUT2D eigenvalue weighted by Gasteiger charge is -2.01. The molecule has 0 saturated heterocycles. The van der Waals surface area contributed by atoms with Crippen LogP contribution in [0.4, 0.5) is 0 Å². The first-order valence-corrected chi connectivity index (χ1v) is 5.17. The number of rotatable bonds is 2. The van der Waals surface area contributed by atoms with E-state index in [4.69, 9.17) is 0 Å². The van der Waals surface area contributed by atoms with E-state index in [1.807, 2.05) is 42.5 Å². The maximum Gasteiger partial charge on any atom is 0.192 e. The molecule has 2 rings (SSSR count). The van der Waals surface area contributed by atoms with Crippen molar-refractivity contribution in [1.29, 1.82) is 0 Å². The molecule has 2 aromatic rings. The van der Waals surface area contributed by atoms with Gasteiger partial charge in [-0.1, -0.05) is 42.1 Å². The minimum atomic E-state index is 0.0846. The maximum atomic E-state index is 11.4. The van der Waals surface area contributed by atoms with Crippen LogP contribution in [0, 0.1) is 0 Å². The Balaban J connectivity index is 2.24. The van der Waals surface area contributed by atoms with E-state index in [1.54, 1.807) is 12.1 Å². The van der Waals surface area contributed by atoms with Crippen LogP contribution in [-0.4, -0.2) is 0 Å². The molecule has 0 aliphatic carbocycles. The molecule has 0 saturated carbocycles. The largest absolute Gasteiger partial charge is 0.289 e. The molecule has 0 aliphatic heterocycles. The summed E-state index contributed by atoms with van der Waals surface area (Å²) in [5.41, 5.74) is 0. The topological polar surface area (TPSA) is 19.9 Å². The van der Waals surface area contributed by atoms with Gasteiger partial charge in [-0.2, -0.15) is 0 Å². The number of hydrogen-bond acceptors (Lipinski definition) is 1. The Morgan fingerprint density at radius 3 is 2.14 bits per heavy atom. The Kier molecular flexibility index (Phi) is 2.75. The maximum absolute atomic E-state index is 11.4. The predicted octanol–water partition coefficient (Wildman–Crippen LogP) is 3.98. The first-order chi connectivity index (χ1) is 6.86. The molecule has 1 radical (unpaired) electrons. The van der Waals surface area contributed by atoms with E-state index >= 15 is 0 Å². The molecule has 0 spiro atoms. The third-order valence-electron chi connectivity index (χ3n) is 1.82. The van der Waals surface area contributed by atoms with Crippen molar-refractivity contribution in [3.8, 4) is 5.75 Å². The van der Waals surface area contributed by atoms with Crippen LogP contribution in [0.2, 0.25) is 0 Å². The smallest absolute Gasteiger partial charge is 0.192 e. The molecular formula is C12H9OS. The van der Waals surface area contributed by atoms with Crippen LogP contribution in [0.3, 0.4) is 0 Å². The normalized spacial score (nSPS) is 10.0. The van der Waals surface area contributed by atoms with Crippen LogP contribution in [0.15, 0.2) is 64.4 Å². The molecule has 0 fully saturated rings. The van der Waals surface area contributed by atoms with Crippen LogP contribution in [0.1, 0.15) is 0 Å². The van der Waals surface area contributed by atoms with Gasteiger partial charge in [-0.05, 0) is 24.3 Å². The molecule has 2 heteroatoms. The van der Waals surface area contributed by atoms with E-state index in [9.17, 15) is 5.11 Å². The van der Waals surface area contributed by atoms with Crippen molar-refractivity contribution in [1.82, 2.24) is 0 Å². The standard InChI is InChI=1S/C12H9OS/c13-11-8-4-5-9-12(11)14-10-6-2-1-3-7-10/h1-9H. The predicted molar refractivity (Wildman–Crippen MR) is 57.1 cm³/mol. The molecule has 2 aromatic carbocycles. The van der Waals surface area contributed by atoms with Crippen molar-refractivity contribution in [2.75, 3.05) is 0 Å². The highest BCUT2D eigenvalue weighted by molar-refractivity contribution is 7.99. The zero-order chi connectivity index (χ0) is 9.80. The number of benzene rings is 2. The Hall–Kier alpha value is -1.41. The lowest BCUT2D eigenvalue weighted by molar-refractivity contribution is 0.344. The SMILES string of the molecule is [O]c1ccccc1Sc1ccccc1. The van der Waals surface area contributed by atoms with Crippen molar-refractivity contribution >= 4 is 11.8 Å². The van der Waals surface area contributed by atoms with Gasteiger partial charge < -0.3 is 0 Å². The van der Waals surface area contributed by atoms with Gasteiger partial charge in [0.05, 0.1) is 4.90 Å². The molecule has 1 nitrogen and oxygen atoms in total. The van der Waals surface area contributed by atoms with Gasteiger partial charge in [0.25, 0.3) is 0 Å². The van der Waals surface area contributed by atoms with E-state index in [0.29, 0.717) is 0 Å². The molecule has 69 valence electrons. The highest BCUT2D eigenvalue weighted by atomic mass is 32.2. The minimum Gasteiger partial charge on any atom is -0.289 e. The monoisotopic (exact) mass is 201 g/mol. The van der Waals surface area contributed by atoms with Gasteiger partial charge in [0, 0.05) is 4.90 Å². The highest BCUT2D eigenvalue weighted by Crippen LogP contribution is 2.33. The quantitative estimate of drug-likeness (QED) is 0.719. The van der Waals surface area contributed by atoms with Crippen molar-refractivity contribution in [3.63, 3.8) is 0 Å². The summed E-state index contributed by atoms with van der Waals surface area (Å²) >= 11 is 1.50. The zero-order valence-corrected chi connectivity index (χ0v) is 8.33. The molecule has 0 bridgehead atoms. The Bertz CT molecular complexity index is 412. The van der Waals surface area contributed by atoms with Gasteiger partial charge >= 0.3 is 0 Å². The molecule has 0 unspecified atom stereocenters. The Labute approximate surface area is 87.4 Å². The second-order valence-electron chi connectivity index (χ2n) is 2.86. The summed E-state index contributed by atoms with van der Waals surface area (Å²) in [6.07, 6.45) is 0. The molecule has 0 aliphatic rings. The second-order valence-corrected chi connectivity index (χ2v) is 3.98. The lowest BCUT2D eigenvalue weighted by Crippen LogP contribution is -1.72. The fraction of sp³-hybridized carbons (Fsp3) is 0. The van der Waals surface area contributed by atoms with E-state index in [1.165, 1.54) is 11.8 Å². The van der Waals surface area contributed by atoms with Gasteiger partial charge in [-0.15, -0.1) is 0 Å². The Morgan fingerprint density at radius 2 is 1.43 bits per heavy atom. The van der Waals surface area contributed by atoms with Crippen LogP contribution in [-0.2, 0) is 5.11 Å². The van der Waals surface area contributed by atoms with Gasteiger partial charge in [-0.3, -0.25) is 5.11 Å². The van der Waals surface area contributed by atoms with Gasteiger partial charge in [0.1, 0.15) is 0 Å². The van der Waals surface area contributed by atoms with E-state index in [-0.39, 0.29) is 5.75 Å². The van der Waals surface area contributed by atoms with Crippen molar-refractivity contribution < 1.29 is 5.11 Å². The summed E-state index contributed by atoms with van der Waals surface area (Å²) in [5.74, 6) is 0.0846. The minimum absolute atomic E-state index is 0.0846. The summed E-state index contributed by atoms with van der Waals surface area (Å²) in [7, 11) is 0. The van der Waals surface area contributed by atoms with Crippen LogP contribution < -0.4 is 0 Å². The summed E-state index contributed by atoms with van der Waals surface area (Å²) < 4.78 is 0. The molecule has 0 N–H and O–H groups in total. The number of hydrogen-bond donors (Lipinski definition) is 0. The van der Waals surface area contributed by atoms with Crippen molar-refractivity contribution in [2.24, 2.45) is 0 Å². The van der Waals surface area contributed by atoms with Crippen LogP contribution >= 0.6 is 11.8 Å². The average Bonchev–Trinajstić information content (AvgIpc) is 2.23. The third kappa shape index (κ3) is 2.09. The summed E-state index contributed by atoms with van der Waals surface area (Å²) in [4.78, 5) is 1.87. The van der Waals surface area contributed by atoms with Crippen LogP contribution in [0.5, 0.6) is 5.75 Å². The number of para-hydroxylation sites is 1. The fourth-order valence-electron chi connectivity index (χ4n) is 1.15. The third-order valence-corrected chi connectivity index (χ3v) is 2.89. The summed E-state index contributed by atoms with van der Waals surface area (Å²) in [6, 6.07) is 17.0. The fourth-order valence-corrected chi connectivity index (χ4v) is 2.01. The second kappa shape index (κ2) is 4.20. The van der Waals surface area contributed by atoms with Crippen molar-refractivity contribution in [2.45, 2.75) is 9.79 Å². The molecular weight excluding hydrogens is 192 g/mol. The summed E-state index contributed by atoms with van der Waals surface area (Å²) in [6.45, 7) is 0. The zero-order valence-electron chi connectivity index (χ0n) is 7.51. The molecule has 0 amide bonds. The first kappa shape index (κ1) is 9.16. The molecule has 14 heavy (non-hydrogen) atoms. The lowest BCUT2D eigenvalue weighted by atomic mass is 10.3. The van der Waals surface area contributed by atoms with Crippen LogP contribution in [0.25, 0.3) is 0 Å². The average molecular weight is 201 g/mol. The van der Waals surface area contributed by atoms with Gasteiger partial charge in [0.15, 0.2) is 5.75 Å².